The smallest absolute Gasteiger partial charge is 0.374 e. The zero-order valence-corrected chi connectivity index (χ0v) is 25.0. The van der Waals surface area contributed by atoms with E-state index in [0.29, 0.717) is 32.4 Å². The predicted octanol–water partition coefficient (Wildman–Crippen LogP) is -2.98. The van der Waals surface area contributed by atoms with E-state index in [9.17, 15) is 38.7 Å². The lowest BCUT2D eigenvalue weighted by Crippen LogP contribution is -2.60. The molecule has 6 unspecified atom stereocenters. The number of ketones is 1. The van der Waals surface area contributed by atoms with Crippen molar-refractivity contribution in [2.45, 2.75) is 103 Å². The van der Waals surface area contributed by atoms with Crippen LogP contribution in [0.25, 0.3) is 0 Å². The summed E-state index contributed by atoms with van der Waals surface area (Å²) in [4.78, 5) is 86.0. The van der Waals surface area contributed by atoms with Crippen LogP contribution in [0.15, 0.2) is 0 Å². The van der Waals surface area contributed by atoms with Gasteiger partial charge in [0.2, 0.25) is 29.5 Å². The van der Waals surface area contributed by atoms with Crippen molar-refractivity contribution in [2.75, 3.05) is 20.1 Å². The number of hydrogen-bond donors (Lipinski definition) is 9. The summed E-state index contributed by atoms with van der Waals surface area (Å²) in [5, 5.41) is 34.0. The monoisotopic (exact) mass is 601 g/mol. The largest absolute Gasteiger partial charge is 0.475 e. The lowest BCUT2D eigenvalue weighted by molar-refractivity contribution is -0.150. The summed E-state index contributed by atoms with van der Waals surface area (Å²) in [6, 6.07) is -6.14. The van der Waals surface area contributed by atoms with Crippen molar-refractivity contribution in [3.8, 4) is 0 Å². The number of carbonyl (C=O) groups is 7. The number of amides is 5. The first kappa shape index (κ1) is 38.4. The van der Waals surface area contributed by atoms with Crippen molar-refractivity contribution in [3.63, 3.8) is 0 Å². The van der Waals surface area contributed by atoms with Gasteiger partial charge in [0.05, 0.1) is 12.1 Å². The molecule has 0 aromatic heterocycles. The van der Waals surface area contributed by atoms with Gasteiger partial charge in [-0.1, -0.05) is 13.3 Å². The van der Waals surface area contributed by atoms with Crippen LogP contribution in [-0.4, -0.2) is 108 Å². The van der Waals surface area contributed by atoms with Gasteiger partial charge in [0.15, 0.2) is 0 Å². The molecule has 0 heterocycles. The fourth-order valence-electron chi connectivity index (χ4n) is 3.71. The minimum Gasteiger partial charge on any atom is -0.475 e. The van der Waals surface area contributed by atoms with E-state index in [1.165, 1.54) is 20.8 Å². The average molecular weight is 602 g/mol. The number of Topliss-reactive ketones (excluding diaryl/α,β-unsaturated/α-hetero) is 1. The third kappa shape index (κ3) is 14.3. The molecule has 0 bridgehead atoms. The number of carbonyl (C=O) groups excluding carboxylic acids is 6. The van der Waals surface area contributed by atoms with Gasteiger partial charge in [0.25, 0.3) is 5.78 Å². The molecule has 0 aromatic rings. The van der Waals surface area contributed by atoms with Crippen LogP contribution in [-0.2, 0) is 33.6 Å². The number of aliphatic hydroxyl groups excluding tert-OH is 1. The van der Waals surface area contributed by atoms with Crippen LogP contribution in [0.3, 0.4) is 0 Å². The zero-order chi connectivity index (χ0) is 32.4. The lowest BCUT2D eigenvalue weighted by Gasteiger charge is -2.26. The summed E-state index contributed by atoms with van der Waals surface area (Å²) in [7, 11) is 1.68. The van der Waals surface area contributed by atoms with Crippen LogP contribution in [0.1, 0.15) is 66.2 Å². The van der Waals surface area contributed by atoms with Gasteiger partial charge in [-0.2, -0.15) is 0 Å². The molecule has 16 heteroatoms. The van der Waals surface area contributed by atoms with Crippen LogP contribution in [0.4, 0.5) is 0 Å². The Morgan fingerprint density at radius 1 is 0.738 bits per heavy atom. The normalized spacial score (nSPS) is 15.1. The molecular weight excluding hydrogens is 554 g/mol. The Hall–Kier alpha value is -3.63. The third-order valence-electron chi connectivity index (χ3n) is 6.19. The minimum atomic E-state index is -1.71. The number of hydrogen-bond acceptors (Lipinski definition) is 10. The molecule has 0 fully saturated rings. The highest BCUT2D eigenvalue weighted by atomic mass is 16.4. The molecule has 0 radical (unpaired) electrons. The van der Waals surface area contributed by atoms with Crippen LogP contribution < -0.4 is 37.6 Å². The van der Waals surface area contributed by atoms with Gasteiger partial charge in [-0.25, -0.2) is 4.79 Å². The SMILES string of the molecule is CCCC(NC(=O)C(C)NC(=O)C(NC(=O)C(CCCCN)NC(=O)CCNC)C(C)O)C(=O)NC(C)C(=O)C(=O)O. The highest BCUT2D eigenvalue weighted by molar-refractivity contribution is 6.35. The molecule has 0 aliphatic heterocycles. The molecule has 0 rings (SSSR count). The molecule has 0 aliphatic carbocycles. The Labute approximate surface area is 245 Å². The first-order chi connectivity index (χ1) is 19.7. The molecule has 0 aliphatic rings. The number of carboxylic acids is 1. The quantitative estimate of drug-likeness (QED) is 0.0474. The first-order valence-corrected chi connectivity index (χ1v) is 14.0. The second kappa shape index (κ2) is 20.3. The fourth-order valence-corrected chi connectivity index (χ4v) is 3.71. The number of aliphatic carboxylic acids is 1. The number of nitrogens with one attached hydrogen (secondary N) is 6. The maximum Gasteiger partial charge on any atom is 0.374 e. The summed E-state index contributed by atoms with van der Waals surface area (Å²) in [5.74, 6) is -6.47. The van der Waals surface area contributed by atoms with Crippen molar-refractivity contribution in [1.29, 1.82) is 0 Å². The van der Waals surface area contributed by atoms with E-state index in [0.717, 1.165) is 0 Å². The number of aliphatic hydroxyl groups is 1. The van der Waals surface area contributed by atoms with Crippen LogP contribution in [0.5, 0.6) is 0 Å². The highest BCUT2D eigenvalue weighted by Gasteiger charge is 2.32. The highest BCUT2D eigenvalue weighted by Crippen LogP contribution is 2.05. The molecule has 10 N–H and O–H groups in total. The minimum absolute atomic E-state index is 0.121. The van der Waals surface area contributed by atoms with Gasteiger partial charge >= 0.3 is 5.97 Å². The summed E-state index contributed by atoms with van der Waals surface area (Å²) in [6.45, 7) is 6.31. The predicted molar refractivity (Wildman–Crippen MR) is 152 cm³/mol. The summed E-state index contributed by atoms with van der Waals surface area (Å²) < 4.78 is 0. The topological polar surface area (TPSA) is 258 Å². The fraction of sp³-hybridized carbons (Fsp3) is 0.731. The molecule has 5 amide bonds. The Kier molecular flexibility index (Phi) is 18.5. The molecule has 42 heavy (non-hydrogen) atoms. The van der Waals surface area contributed by atoms with Crippen LogP contribution in [0.2, 0.25) is 0 Å². The van der Waals surface area contributed by atoms with Crippen LogP contribution in [0, 0.1) is 0 Å². The Bertz CT molecular complexity index is 945. The van der Waals surface area contributed by atoms with E-state index in [2.05, 4.69) is 31.9 Å². The van der Waals surface area contributed by atoms with Gasteiger partial charge < -0.3 is 47.8 Å². The van der Waals surface area contributed by atoms with E-state index in [1.807, 2.05) is 0 Å². The molecule has 16 nitrogen and oxygen atoms in total. The van der Waals surface area contributed by atoms with Gasteiger partial charge in [-0.05, 0) is 60.0 Å². The molecule has 0 spiro atoms. The van der Waals surface area contributed by atoms with Crippen molar-refractivity contribution in [3.05, 3.63) is 0 Å². The second-order valence-electron chi connectivity index (χ2n) is 9.96. The number of carboxylic acid groups (broad SMARTS) is 1. The second-order valence-corrected chi connectivity index (χ2v) is 9.96. The standard InChI is InChI=1S/C26H47N7O9/c1-6-9-17(23(38)29-14(2)21(36)26(41)42)32-22(37)15(3)30-25(40)20(16(4)34)33-24(39)18(10-7-8-12-27)31-19(35)11-13-28-5/h14-18,20,28,34H,6-13,27H2,1-5H3,(H,29,38)(H,30,40)(H,31,35)(H,32,37)(H,33,39)(H,41,42). The van der Waals surface area contributed by atoms with E-state index in [-0.39, 0.29) is 25.2 Å². The lowest BCUT2D eigenvalue weighted by atomic mass is 10.1. The Morgan fingerprint density at radius 3 is 1.83 bits per heavy atom. The molecular formula is C26H47N7O9. The molecule has 0 saturated heterocycles. The molecule has 0 saturated carbocycles. The van der Waals surface area contributed by atoms with Crippen molar-refractivity contribution in [2.24, 2.45) is 5.73 Å². The summed E-state index contributed by atoms with van der Waals surface area (Å²) in [5.41, 5.74) is 5.52. The van der Waals surface area contributed by atoms with Gasteiger partial charge in [0.1, 0.15) is 24.2 Å². The number of rotatable bonds is 21. The van der Waals surface area contributed by atoms with Gasteiger partial charge in [-0.15, -0.1) is 0 Å². The first-order valence-electron chi connectivity index (χ1n) is 14.0. The van der Waals surface area contributed by atoms with Crippen molar-refractivity contribution >= 4 is 41.3 Å². The summed E-state index contributed by atoms with van der Waals surface area (Å²) >= 11 is 0. The van der Waals surface area contributed by atoms with Crippen molar-refractivity contribution < 1.29 is 43.8 Å². The Balaban J connectivity index is 5.42. The average Bonchev–Trinajstić information content (AvgIpc) is 2.92. The number of unbranched alkanes of at least 4 members (excludes halogenated alkanes) is 1. The summed E-state index contributed by atoms with van der Waals surface area (Å²) in [6.07, 6.45) is 0.739. The zero-order valence-electron chi connectivity index (χ0n) is 25.0. The Morgan fingerprint density at radius 2 is 1.31 bits per heavy atom. The van der Waals surface area contributed by atoms with Crippen LogP contribution >= 0.6 is 0 Å². The van der Waals surface area contributed by atoms with E-state index in [4.69, 9.17) is 10.8 Å². The maximum absolute atomic E-state index is 13.0. The third-order valence-corrected chi connectivity index (χ3v) is 6.19. The molecule has 240 valence electrons. The van der Waals surface area contributed by atoms with E-state index >= 15 is 0 Å². The molecule has 6 atom stereocenters. The van der Waals surface area contributed by atoms with Gasteiger partial charge in [-0.3, -0.25) is 28.8 Å². The van der Waals surface area contributed by atoms with Crippen molar-refractivity contribution in [1.82, 2.24) is 31.9 Å². The molecule has 0 aromatic carbocycles. The van der Waals surface area contributed by atoms with E-state index < -0.39 is 71.7 Å². The van der Waals surface area contributed by atoms with E-state index in [1.54, 1.807) is 14.0 Å². The maximum atomic E-state index is 13.0. The van der Waals surface area contributed by atoms with Gasteiger partial charge in [0, 0.05) is 13.0 Å². The number of nitrogens with two attached hydrogens (primary N) is 1.